The summed E-state index contributed by atoms with van der Waals surface area (Å²) in [6, 6.07) is 32.7. The van der Waals surface area contributed by atoms with Gasteiger partial charge < -0.3 is 0 Å². The molecule has 0 aliphatic heterocycles. The van der Waals surface area contributed by atoms with Gasteiger partial charge in [0.15, 0.2) is 0 Å². The van der Waals surface area contributed by atoms with Gasteiger partial charge in [-0.2, -0.15) is 0 Å². The smallest absolute Gasteiger partial charge is 0.00240 e. The molecular formula is C25H22. The third-order valence-corrected chi connectivity index (χ3v) is 4.87. The molecule has 4 rings (SSSR count). The van der Waals surface area contributed by atoms with Crippen LogP contribution in [0.3, 0.4) is 0 Å². The summed E-state index contributed by atoms with van der Waals surface area (Å²) in [6.45, 7) is 4.54. The molecule has 0 amide bonds. The van der Waals surface area contributed by atoms with Gasteiger partial charge in [-0.15, -0.1) is 0 Å². The standard InChI is InChI=1S/C25H22/c1-18(2)21-16-17-23(20-12-7-4-8-13-20)25-22(14-9-15-24(21)25)19-10-5-3-6-11-19/h3-18H,1-2H3. The topological polar surface area (TPSA) is 0 Å². The average molecular weight is 322 g/mol. The lowest BCUT2D eigenvalue weighted by Gasteiger charge is -2.17. The number of benzene rings is 4. The van der Waals surface area contributed by atoms with Crippen molar-refractivity contribution < 1.29 is 0 Å². The van der Waals surface area contributed by atoms with Crippen LogP contribution < -0.4 is 0 Å². The summed E-state index contributed by atoms with van der Waals surface area (Å²) in [4.78, 5) is 0. The lowest BCUT2D eigenvalue weighted by Crippen LogP contribution is -1.93. The highest BCUT2D eigenvalue weighted by molar-refractivity contribution is 6.07. The van der Waals surface area contributed by atoms with Gasteiger partial charge in [-0.1, -0.05) is 105 Å². The van der Waals surface area contributed by atoms with Crippen molar-refractivity contribution in [1.82, 2.24) is 0 Å². The first-order valence-electron chi connectivity index (χ1n) is 8.92. The van der Waals surface area contributed by atoms with Gasteiger partial charge in [0.1, 0.15) is 0 Å². The lowest BCUT2D eigenvalue weighted by molar-refractivity contribution is 0.876. The van der Waals surface area contributed by atoms with Crippen LogP contribution >= 0.6 is 0 Å². The molecule has 0 N–H and O–H groups in total. The Labute approximate surface area is 149 Å². The highest BCUT2D eigenvalue weighted by Crippen LogP contribution is 2.39. The summed E-state index contributed by atoms with van der Waals surface area (Å²) < 4.78 is 0. The molecule has 0 unspecified atom stereocenters. The van der Waals surface area contributed by atoms with E-state index in [0.29, 0.717) is 5.92 Å². The molecule has 0 heterocycles. The Morgan fingerprint density at radius 1 is 0.520 bits per heavy atom. The van der Waals surface area contributed by atoms with E-state index in [2.05, 4.69) is 105 Å². The minimum absolute atomic E-state index is 0.498. The molecule has 122 valence electrons. The third kappa shape index (κ3) is 2.85. The lowest BCUT2D eigenvalue weighted by atomic mass is 9.87. The Balaban J connectivity index is 2.11. The zero-order chi connectivity index (χ0) is 17.2. The van der Waals surface area contributed by atoms with E-state index in [0.717, 1.165) is 0 Å². The molecule has 0 spiro atoms. The van der Waals surface area contributed by atoms with Gasteiger partial charge in [0, 0.05) is 0 Å². The number of hydrogen-bond acceptors (Lipinski definition) is 0. The number of fused-ring (bicyclic) bond motifs is 1. The quantitative estimate of drug-likeness (QED) is 0.371. The Bertz CT molecular complexity index is 950. The van der Waals surface area contributed by atoms with E-state index in [1.54, 1.807) is 0 Å². The van der Waals surface area contributed by atoms with Crippen molar-refractivity contribution >= 4 is 10.8 Å². The second kappa shape index (κ2) is 6.57. The maximum absolute atomic E-state index is 2.30. The Morgan fingerprint density at radius 2 is 1.08 bits per heavy atom. The van der Waals surface area contributed by atoms with Crippen LogP contribution in [0.4, 0.5) is 0 Å². The van der Waals surface area contributed by atoms with Crippen molar-refractivity contribution in [2.24, 2.45) is 0 Å². The average Bonchev–Trinajstić information content (AvgIpc) is 2.68. The van der Waals surface area contributed by atoms with E-state index in [-0.39, 0.29) is 0 Å². The van der Waals surface area contributed by atoms with Crippen LogP contribution in [0.25, 0.3) is 33.0 Å². The van der Waals surface area contributed by atoms with Crippen LogP contribution in [0.5, 0.6) is 0 Å². The molecule has 25 heavy (non-hydrogen) atoms. The van der Waals surface area contributed by atoms with Gasteiger partial charge in [0.05, 0.1) is 0 Å². The van der Waals surface area contributed by atoms with Crippen molar-refractivity contribution in [2.75, 3.05) is 0 Å². The Kier molecular flexibility index (Phi) is 4.11. The van der Waals surface area contributed by atoms with E-state index in [9.17, 15) is 0 Å². The number of rotatable bonds is 3. The predicted octanol–water partition coefficient (Wildman–Crippen LogP) is 7.30. The summed E-state index contributed by atoms with van der Waals surface area (Å²) in [7, 11) is 0. The second-order valence-electron chi connectivity index (χ2n) is 6.82. The first-order valence-corrected chi connectivity index (χ1v) is 8.92. The maximum Gasteiger partial charge on any atom is -0.00240 e. The normalized spacial score (nSPS) is 11.2. The maximum atomic E-state index is 2.30. The third-order valence-electron chi connectivity index (χ3n) is 4.87. The summed E-state index contributed by atoms with van der Waals surface area (Å²) >= 11 is 0. The molecule has 0 atom stereocenters. The zero-order valence-corrected chi connectivity index (χ0v) is 14.7. The summed E-state index contributed by atoms with van der Waals surface area (Å²) in [5, 5.41) is 2.71. The van der Waals surface area contributed by atoms with Crippen molar-refractivity contribution in [2.45, 2.75) is 19.8 Å². The Morgan fingerprint density at radius 3 is 1.64 bits per heavy atom. The SMILES string of the molecule is CC(C)c1ccc(-c2ccccc2)c2c(-c3ccccc3)cccc12. The van der Waals surface area contributed by atoms with Crippen molar-refractivity contribution in [3.63, 3.8) is 0 Å². The largest absolute Gasteiger partial charge is 0.0622 e. The molecule has 0 aromatic heterocycles. The predicted molar refractivity (Wildman–Crippen MR) is 109 cm³/mol. The first kappa shape index (κ1) is 15.7. The molecule has 0 saturated carbocycles. The molecule has 0 aliphatic rings. The fourth-order valence-corrected chi connectivity index (χ4v) is 3.65. The van der Waals surface area contributed by atoms with E-state index < -0.39 is 0 Å². The molecule has 0 nitrogen and oxygen atoms in total. The van der Waals surface area contributed by atoms with E-state index in [1.807, 2.05) is 0 Å². The van der Waals surface area contributed by atoms with Crippen LogP contribution in [0.1, 0.15) is 25.3 Å². The van der Waals surface area contributed by atoms with E-state index in [1.165, 1.54) is 38.6 Å². The molecule has 4 aromatic rings. The molecule has 0 fully saturated rings. The van der Waals surface area contributed by atoms with Crippen LogP contribution in [-0.4, -0.2) is 0 Å². The monoisotopic (exact) mass is 322 g/mol. The zero-order valence-electron chi connectivity index (χ0n) is 14.7. The van der Waals surface area contributed by atoms with Crippen molar-refractivity contribution in [3.8, 4) is 22.3 Å². The van der Waals surface area contributed by atoms with Crippen LogP contribution in [0.15, 0.2) is 91.0 Å². The molecule has 0 radical (unpaired) electrons. The van der Waals surface area contributed by atoms with Gasteiger partial charge in [0.25, 0.3) is 0 Å². The van der Waals surface area contributed by atoms with Gasteiger partial charge in [0.2, 0.25) is 0 Å². The first-order chi connectivity index (χ1) is 12.3. The second-order valence-corrected chi connectivity index (χ2v) is 6.82. The van der Waals surface area contributed by atoms with Gasteiger partial charge >= 0.3 is 0 Å². The minimum atomic E-state index is 0.498. The molecular weight excluding hydrogens is 300 g/mol. The van der Waals surface area contributed by atoms with Gasteiger partial charge in [-0.05, 0) is 44.5 Å². The molecule has 0 saturated heterocycles. The summed E-state index contributed by atoms with van der Waals surface area (Å²) in [5.74, 6) is 0.498. The summed E-state index contributed by atoms with van der Waals surface area (Å²) in [6.07, 6.45) is 0. The van der Waals surface area contributed by atoms with Gasteiger partial charge in [-0.25, -0.2) is 0 Å². The number of hydrogen-bond donors (Lipinski definition) is 0. The van der Waals surface area contributed by atoms with E-state index in [4.69, 9.17) is 0 Å². The van der Waals surface area contributed by atoms with Crippen molar-refractivity contribution in [1.29, 1.82) is 0 Å². The summed E-state index contributed by atoms with van der Waals surface area (Å²) in [5.41, 5.74) is 6.56. The molecule has 4 aromatic carbocycles. The minimum Gasteiger partial charge on any atom is -0.0622 e. The fourth-order valence-electron chi connectivity index (χ4n) is 3.65. The van der Waals surface area contributed by atoms with Crippen LogP contribution in [0.2, 0.25) is 0 Å². The molecule has 0 heteroatoms. The van der Waals surface area contributed by atoms with Crippen LogP contribution in [-0.2, 0) is 0 Å². The van der Waals surface area contributed by atoms with Crippen LogP contribution in [0, 0.1) is 0 Å². The molecule has 0 aliphatic carbocycles. The highest BCUT2D eigenvalue weighted by atomic mass is 14.2. The molecule has 0 bridgehead atoms. The highest BCUT2D eigenvalue weighted by Gasteiger charge is 2.14. The fraction of sp³-hybridized carbons (Fsp3) is 0.120. The van der Waals surface area contributed by atoms with Gasteiger partial charge in [-0.3, -0.25) is 0 Å². The van der Waals surface area contributed by atoms with Crippen molar-refractivity contribution in [3.05, 3.63) is 96.6 Å². The Hall–Kier alpha value is -2.86. The van der Waals surface area contributed by atoms with E-state index >= 15 is 0 Å².